The van der Waals surface area contributed by atoms with Crippen LogP contribution in [0.3, 0.4) is 0 Å². The largest absolute Gasteiger partial charge is 0.519 e. The lowest BCUT2D eigenvalue weighted by Crippen LogP contribution is -2.23. The number of carbonyl (C=O) groups is 2. The number of primary amides is 1. The third-order valence-corrected chi connectivity index (χ3v) is 2.07. The number of ether oxygens (including phenoxy) is 1. The van der Waals surface area contributed by atoms with Crippen LogP contribution >= 0.6 is 0 Å². The average Bonchev–Trinajstić information content (AvgIpc) is 2.60. The van der Waals surface area contributed by atoms with Gasteiger partial charge in [0.1, 0.15) is 5.76 Å². The van der Waals surface area contributed by atoms with Crippen molar-refractivity contribution in [3.63, 3.8) is 0 Å². The molecule has 0 aliphatic heterocycles. The molecule has 0 fully saturated rings. The molecule has 8 nitrogen and oxygen atoms in total. The fourth-order valence-electron chi connectivity index (χ4n) is 1.21. The molecule has 1 rings (SSSR count). The predicted molar refractivity (Wildman–Crippen MR) is 58.6 cm³/mol. The molecule has 0 saturated heterocycles. The average molecular weight is 258 g/mol. The lowest BCUT2D eigenvalue weighted by molar-refractivity contribution is -0.121. The topological polar surface area (TPSA) is 125 Å². The van der Waals surface area contributed by atoms with E-state index in [1.165, 1.54) is 0 Å². The molecule has 1 aromatic heterocycles. The van der Waals surface area contributed by atoms with Crippen molar-refractivity contribution >= 4 is 12.0 Å². The molecule has 0 radical (unpaired) electrons. The summed E-state index contributed by atoms with van der Waals surface area (Å²) in [5.41, 5.74) is 4.75. The number of carbonyl (C=O) groups excluding carboxylic acids is 2. The first-order valence-electron chi connectivity index (χ1n) is 5.27. The van der Waals surface area contributed by atoms with Crippen LogP contribution in [-0.2, 0) is 16.1 Å². The van der Waals surface area contributed by atoms with Crippen LogP contribution in [0.2, 0.25) is 0 Å². The van der Waals surface area contributed by atoms with Crippen LogP contribution < -0.4 is 16.9 Å². The summed E-state index contributed by atoms with van der Waals surface area (Å²) in [5, 5.41) is 2.54. The van der Waals surface area contributed by atoms with Gasteiger partial charge in [-0.1, -0.05) is 0 Å². The zero-order valence-electron chi connectivity index (χ0n) is 9.86. The zero-order valence-corrected chi connectivity index (χ0v) is 9.86. The summed E-state index contributed by atoms with van der Waals surface area (Å²) in [4.78, 5) is 32.3. The summed E-state index contributed by atoms with van der Waals surface area (Å²) in [6.07, 6.45) is -0.330. The third kappa shape index (κ3) is 4.73. The van der Waals surface area contributed by atoms with E-state index >= 15 is 0 Å². The number of amides is 2. The summed E-state index contributed by atoms with van der Waals surface area (Å²) in [5.74, 6) is -0.447. The van der Waals surface area contributed by atoms with Gasteiger partial charge < -0.3 is 24.6 Å². The molecule has 0 bridgehead atoms. The molecule has 1 heterocycles. The quantitative estimate of drug-likeness (QED) is 0.693. The van der Waals surface area contributed by atoms with E-state index in [2.05, 4.69) is 14.5 Å². The van der Waals surface area contributed by atoms with Gasteiger partial charge in [-0.05, 0) is 13.3 Å². The molecule has 2 amide bonds. The summed E-state index contributed by atoms with van der Waals surface area (Å²) < 4.78 is 13.8. The maximum absolute atomic E-state index is 11.3. The van der Waals surface area contributed by atoms with Crippen molar-refractivity contribution in [2.24, 2.45) is 5.73 Å². The van der Waals surface area contributed by atoms with Gasteiger partial charge in [0, 0.05) is 6.42 Å². The van der Waals surface area contributed by atoms with Gasteiger partial charge in [0.15, 0.2) is 5.76 Å². The lowest BCUT2D eigenvalue weighted by atomic mass is 10.3. The van der Waals surface area contributed by atoms with Crippen LogP contribution in [0.4, 0.5) is 4.79 Å². The molecule has 0 aliphatic carbocycles. The van der Waals surface area contributed by atoms with Crippen LogP contribution in [-0.4, -0.2) is 18.6 Å². The minimum atomic E-state index is -0.869. The number of rotatable bonds is 6. The van der Waals surface area contributed by atoms with Crippen LogP contribution in [0.15, 0.2) is 13.6 Å². The van der Waals surface area contributed by atoms with Crippen molar-refractivity contribution in [2.75, 3.05) is 6.61 Å². The van der Waals surface area contributed by atoms with Gasteiger partial charge in [-0.3, -0.25) is 4.79 Å². The Morgan fingerprint density at radius 1 is 1.39 bits per heavy atom. The molecule has 0 unspecified atom stereocenters. The molecule has 18 heavy (non-hydrogen) atoms. The van der Waals surface area contributed by atoms with Crippen LogP contribution in [0.25, 0.3) is 0 Å². The summed E-state index contributed by atoms with van der Waals surface area (Å²) >= 11 is 0. The van der Waals surface area contributed by atoms with E-state index < -0.39 is 11.9 Å². The second kappa shape index (κ2) is 6.48. The Balaban J connectivity index is 2.23. The normalized spacial score (nSPS) is 10.1. The van der Waals surface area contributed by atoms with E-state index in [4.69, 9.17) is 10.2 Å². The second-order valence-electron chi connectivity index (χ2n) is 3.48. The maximum atomic E-state index is 11.3. The van der Waals surface area contributed by atoms with E-state index in [1.807, 2.05) is 0 Å². The molecular weight excluding hydrogens is 244 g/mol. The highest BCUT2D eigenvalue weighted by Crippen LogP contribution is 2.04. The fourth-order valence-corrected chi connectivity index (χ4v) is 1.21. The molecule has 1 aromatic rings. The van der Waals surface area contributed by atoms with Crippen molar-refractivity contribution in [2.45, 2.75) is 26.3 Å². The highest BCUT2D eigenvalue weighted by Gasteiger charge is 2.09. The SMILES string of the molecule is Cc1oc(=O)oc1CNC(=O)CCCOC(N)=O. The highest BCUT2D eigenvalue weighted by molar-refractivity contribution is 5.75. The highest BCUT2D eigenvalue weighted by atomic mass is 16.6. The van der Waals surface area contributed by atoms with E-state index in [0.29, 0.717) is 12.2 Å². The van der Waals surface area contributed by atoms with Crippen molar-refractivity contribution in [3.8, 4) is 0 Å². The van der Waals surface area contributed by atoms with Gasteiger partial charge in [0.05, 0.1) is 13.2 Å². The number of nitrogens with two attached hydrogens (primary N) is 1. The number of aryl methyl sites for hydroxylation is 1. The molecule has 0 atom stereocenters. The second-order valence-corrected chi connectivity index (χ2v) is 3.48. The van der Waals surface area contributed by atoms with E-state index in [-0.39, 0.29) is 31.2 Å². The molecular formula is C10H14N2O6. The minimum absolute atomic E-state index is 0.0765. The summed E-state index contributed by atoms with van der Waals surface area (Å²) in [6.45, 7) is 1.72. The minimum Gasteiger partial charge on any atom is -0.450 e. The first-order chi connectivity index (χ1) is 8.49. The molecule has 0 aliphatic rings. The summed E-state index contributed by atoms with van der Waals surface area (Å²) in [6, 6.07) is 0. The predicted octanol–water partition coefficient (Wildman–Crippen LogP) is 0.0329. The van der Waals surface area contributed by atoms with Crippen LogP contribution in [0.1, 0.15) is 24.4 Å². The molecule has 3 N–H and O–H groups in total. The Labute approximate surface area is 102 Å². The Kier molecular flexibility index (Phi) is 4.97. The van der Waals surface area contributed by atoms with Gasteiger partial charge in [-0.2, -0.15) is 0 Å². The lowest BCUT2D eigenvalue weighted by Gasteiger charge is -2.03. The van der Waals surface area contributed by atoms with Crippen molar-refractivity contribution in [1.82, 2.24) is 5.32 Å². The maximum Gasteiger partial charge on any atom is 0.519 e. The Bertz CT molecular complexity index is 475. The van der Waals surface area contributed by atoms with Crippen LogP contribution in [0.5, 0.6) is 0 Å². The van der Waals surface area contributed by atoms with E-state index in [0.717, 1.165) is 0 Å². The summed E-state index contributed by atoms with van der Waals surface area (Å²) in [7, 11) is 0. The van der Waals surface area contributed by atoms with Gasteiger partial charge in [-0.15, -0.1) is 0 Å². The molecule has 0 spiro atoms. The monoisotopic (exact) mass is 258 g/mol. The first kappa shape index (κ1) is 13.8. The van der Waals surface area contributed by atoms with E-state index in [9.17, 15) is 14.4 Å². The number of nitrogens with one attached hydrogen (secondary N) is 1. The molecule has 0 saturated carbocycles. The zero-order chi connectivity index (χ0) is 13.5. The molecule has 100 valence electrons. The fraction of sp³-hybridized carbons (Fsp3) is 0.500. The third-order valence-electron chi connectivity index (χ3n) is 2.07. The Hall–Kier alpha value is -2.25. The van der Waals surface area contributed by atoms with Crippen LogP contribution in [0, 0.1) is 6.92 Å². The van der Waals surface area contributed by atoms with Gasteiger partial charge in [0.25, 0.3) is 0 Å². The smallest absolute Gasteiger partial charge is 0.450 e. The molecule has 8 heteroatoms. The molecule has 0 aromatic carbocycles. The Morgan fingerprint density at radius 3 is 2.67 bits per heavy atom. The van der Waals surface area contributed by atoms with Gasteiger partial charge in [-0.25, -0.2) is 9.59 Å². The van der Waals surface area contributed by atoms with Gasteiger partial charge in [0.2, 0.25) is 5.91 Å². The van der Waals surface area contributed by atoms with E-state index in [1.54, 1.807) is 6.92 Å². The van der Waals surface area contributed by atoms with Crippen molar-refractivity contribution in [3.05, 3.63) is 22.1 Å². The number of hydrogen-bond donors (Lipinski definition) is 2. The van der Waals surface area contributed by atoms with Crippen molar-refractivity contribution in [1.29, 1.82) is 0 Å². The van der Waals surface area contributed by atoms with Crippen molar-refractivity contribution < 1.29 is 23.2 Å². The number of hydrogen-bond acceptors (Lipinski definition) is 6. The first-order valence-corrected chi connectivity index (χ1v) is 5.27. The Morgan fingerprint density at radius 2 is 2.11 bits per heavy atom. The standard InChI is InChI=1S/C10H14N2O6/c1-6-7(18-10(15)17-6)5-12-8(13)3-2-4-16-9(11)14/h2-5H2,1H3,(H2,11,14)(H,12,13). The van der Waals surface area contributed by atoms with Gasteiger partial charge >= 0.3 is 11.9 Å².